The molecule has 1 unspecified atom stereocenters. The third-order valence-electron chi connectivity index (χ3n) is 1.25. The Kier molecular flexibility index (Phi) is 2.78. The van der Waals surface area contributed by atoms with Crippen molar-refractivity contribution in [3.05, 3.63) is 26.6 Å². The van der Waals surface area contributed by atoms with Gasteiger partial charge in [-0.2, -0.15) is 4.79 Å². The van der Waals surface area contributed by atoms with E-state index in [4.69, 9.17) is 5.53 Å². The molecule has 58 valence electrons. The molecule has 0 aliphatic heterocycles. The molecule has 11 heavy (non-hydrogen) atoms. The Labute approximate surface area is 80.3 Å². The first-order valence-corrected chi connectivity index (χ1v) is 4.39. The molecule has 0 saturated heterocycles. The molecule has 0 radical (unpaired) electrons. The van der Waals surface area contributed by atoms with Crippen LogP contribution < -0.4 is 0 Å². The first-order valence-electron chi connectivity index (χ1n) is 2.80. The normalized spacial score (nSPS) is 23.9. The smallest absolute Gasteiger partial charge is 0.339 e. The predicted molar refractivity (Wildman–Crippen MR) is 48.7 cm³/mol. The van der Waals surface area contributed by atoms with Crippen molar-refractivity contribution in [1.29, 1.82) is 0 Å². The third-order valence-corrected chi connectivity index (χ3v) is 3.27. The van der Waals surface area contributed by atoms with E-state index in [1.54, 1.807) is 6.08 Å². The van der Waals surface area contributed by atoms with E-state index in [1.807, 2.05) is 0 Å². The minimum atomic E-state index is -0.837. The summed E-state index contributed by atoms with van der Waals surface area (Å²) in [6, 6.07) is 0. The van der Waals surface area contributed by atoms with Crippen LogP contribution in [-0.2, 0) is 0 Å². The van der Waals surface area contributed by atoms with Gasteiger partial charge in [-0.3, -0.25) is 0 Å². The monoisotopic (exact) mass is 278 g/mol. The first-order chi connectivity index (χ1) is 5.16. The van der Waals surface area contributed by atoms with Crippen molar-refractivity contribution in [2.24, 2.45) is 0 Å². The van der Waals surface area contributed by atoms with Crippen LogP contribution in [0, 0.1) is 0 Å². The summed E-state index contributed by atoms with van der Waals surface area (Å²) in [6.45, 7) is 0. The molecule has 0 aromatic carbocycles. The topological polar surface area (TPSA) is 56.6 Å². The summed E-state index contributed by atoms with van der Waals surface area (Å²) in [5.74, 6) is 0. The van der Waals surface area contributed by atoms with Gasteiger partial charge in [-0.15, -0.1) is 0 Å². The molecule has 3 nitrogen and oxygen atoms in total. The highest BCUT2D eigenvalue weighted by atomic mass is 79.9. The summed E-state index contributed by atoms with van der Waals surface area (Å²) in [5.41, 5.74) is 8.67. The van der Waals surface area contributed by atoms with Crippen LogP contribution >= 0.6 is 31.9 Å². The Bertz CT molecular complexity index is 289. The van der Waals surface area contributed by atoms with Crippen LogP contribution in [0.3, 0.4) is 0 Å². The fourth-order valence-corrected chi connectivity index (χ4v) is 1.50. The highest BCUT2D eigenvalue weighted by Crippen LogP contribution is 2.25. The van der Waals surface area contributed by atoms with Gasteiger partial charge in [-0.05, 0) is 44.0 Å². The fraction of sp³-hybridized carbons (Fsp3) is 0.167. The molecular weight excluding hydrogens is 276 g/mol. The minimum Gasteiger partial charge on any atom is -0.377 e. The van der Waals surface area contributed by atoms with E-state index < -0.39 is 6.10 Å². The zero-order chi connectivity index (χ0) is 8.43. The summed E-state index contributed by atoms with van der Waals surface area (Å²) in [4.78, 5) is 2.94. The van der Waals surface area contributed by atoms with Gasteiger partial charge in [0.2, 0.25) is 0 Å². The Hall–Kier alpha value is -0.220. The van der Waals surface area contributed by atoms with Crippen molar-refractivity contribution in [1.82, 2.24) is 0 Å². The number of aliphatic hydroxyl groups excluding tert-OH is 1. The zero-order valence-corrected chi connectivity index (χ0v) is 8.50. The molecular formula is C6H4Br2N2O. The standard InChI is InChI=1S/C6H4Br2N2O/c7-3-1-2-4(11)6(10-9)5(3)8/h1-2,4,11H. The van der Waals surface area contributed by atoms with Crippen LogP contribution in [0.15, 0.2) is 21.1 Å². The largest absolute Gasteiger partial charge is 0.377 e. The Balaban J connectivity index is 3.17. The van der Waals surface area contributed by atoms with Crippen LogP contribution in [0.5, 0.6) is 0 Å². The average molecular weight is 280 g/mol. The minimum absolute atomic E-state index is 0.208. The van der Waals surface area contributed by atoms with E-state index in [2.05, 4.69) is 36.6 Å². The third kappa shape index (κ3) is 1.68. The Morgan fingerprint density at radius 2 is 2.18 bits per heavy atom. The Morgan fingerprint density at radius 3 is 2.64 bits per heavy atom. The number of nitrogens with zero attached hydrogens (tertiary/aromatic N) is 2. The van der Waals surface area contributed by atoms with Crippen molar-refractivity contribution in [2.45, 2.75) is 6.10 Å². The molecule has 1 aliphatic carbocycles. The number of rotatable bonds is 0. The molecule has 0 saturated carbocycles. The molecule has 0 bridgehead atoms. The molecule has 0 heterocycles. The van der Waals surface area contributed by atoms with E-state index in [1.165, 1.54) is 6.08 Å². The average Bonchev–Trinajstić information content (AvgIpc) is 1.99. The molecule has 0 amide bonds. The van der Waals surface area contributed by atoms with Gasteiger partial charge < -0.3 is 10.6 Å². The van der Waals surface area contributed by atoms with Gasteiger partial charge in [0.1, 0.15) is 4.48 Å². The lowest BCUT2D eigenvalue weighted by Crippen LogP contribution is -2.21. The maximum Gasteiger partial charge on any atom is 0.339 e. The number of halogens is 2. The highest BCUT2D eigenvalue weighted by molar-refractivity contribution is 9.14. The molecule has 1 atom stereocenters. The van der Waals surface area contributed by atoms with E-state index in [0.29, 0.717) is 4.48 Å². The summed E-state index contributed by atoms with van der Waals surface area (Å²) >= 11 is 6.36. The second-order valence-corrected chi connectivity index (χ2v) is 3.60. The number of allylic oxidation sites excluding steroid dienone is 2. The maximum absolute atomic E-state index is 9.19. The van der Waals surface area contributed by atoms with Crippen molar-refractivity contribution in [3.63, 3.8) is 0 Å². The fourth-order valence-electron chi connectivity index (χ4n) is 0.695. The van der Waals surface area contributed by atoms with Crippen LogP contribution in [0.2, 0.25) is 0 Å². The zero-order valence-electron chi connectivity index (χ0n) is 5.33. The summed E-state index contributed by atoms with van der Waals surface area (Å²) in [7, 11) is 0. The van der Waals surface area contributed by atoms with Gasteiger partial charge in [0.05, 0.1) is 0 Å². The lowest BCUT2D eigenvalue weighted by atomic mass is 10.1. The highest BCUT2D eigenvalue weighted by Gasteiger charge is 2.26. The molecule has 0 fully saturated rings. The van der Waals surface area contributed by atoms with Gasteiger partial charge in [0.15, 0.2) is 6.10 Å². The SMILES string of the molecule is [N-]=[N+]=C1C(Br)=C(Br)C=CC1O. The second-order valence-electron chi connectivity index (χ2n) is 1.95. The van der Waals surface area contributed by atoms with Gasteiger partial charge in [-0.1, -0.05) is 0 Å². The van der Waals surface area contributed by atoms with E-state index >= 15 is 0 Å². The van der Waals surface area contributed by atoms with Crippen molar-refractivity contribution in [3.8, 4) is 0 Å². The summed E-state index contributed by atoms with van der Waals surface area (Å²) < 4.78 is 1.31. The molecule has 1 rings (SSSR count). The van der Waals surface area contributed by atoms with Crippen molar-refractivity contribution >= 4 is 37.6 Å². The molecule has 5 heteroatoms. The molecule has 0 spiro atoms. The van der Waals surface area contributed by atoms with Crippen LogP contribution in [-0.4, -0.2) is 21.7 Å². The summed E-state index contributed by atoms with van der Waals surface area (Å²) in [5, 5.41) is 9.19. The van der Waals surface area contributed by atoms with Gasteiger partial charge in [0.25, 0.3) is 0 Å². The van der Waals surface area contributed by atoms with E-state index in [-0.39, 0.29) is 5.71 Å². The lowest BCUT2D eigenvalue weighted by Gasteiger charge is -2.05. The Morgan fingerprint density at radius 1 is 1.55 bits per heavy atom. The lowest BCUT2D eigenvalue weighted by molar-refractivity contribution is -0.0154. The van der Waals surface area contributed by atoms with E-state index in [9.17, 15) is 5.11 Å². The van der Waals surface area contributed by atoms with E-state index in [0.717, 1.165) is 4.48 Å². The predicted octanol–water partition coefficient (Wildman–Crippen LogP) is 1.59. The first kappa shape index (κ1) is 8.87. The molecule has 1 N–H and O–H groups in total. The maximum atomic E-state index is 9.19. The second kappa shape index (κ2) is 3.45. The van der Waals surface area contributed by atoms with Crippen molar-refractivity contribution < 1.29 is 9.90 Å². The summed E-state index contributed by atoms with van der Waals surface area (Å²) in [6.07, 6.45) is 2.36. The number of aliphatic hydroxyl groups is 1. The van der Waals surface area contributed by atoms with Gasteiger partial charge >= 0.3 is 5.71 Å². The van der Waals surface area contributed by atoms with Crippen LogP contribution in [0.25, 0.3) is 5.53 Å². The number of hydrogen-bond acceptors (Lipinski definition) is 1. The molecule has 1 aliphatic rings. The van der Waals surface area contributed by atoms with Crippen LogP contribution in [0.4, 0.5) is 0 Å². The quantitative estimate of drug-likeness (QED) is 0.531. The van der Waals surface area contributed by atoms with Crippen LogP contribution in [0.1, 0.15) is 0 Å². The van der Waals surface area contributed by atoms with Gasteiger partial charge in [-0.25, -0.2) is 0 Å². The molecule has 0 aromatic heterocycles. The van der Waals surface area contributed by atoms with Gasteiger partial charge in [0, 0.05) is 4.48 Å². The molecule has 0 aromatic rings. The van der Waals surface area contributed by atoms with Crippen molar-refractivity contribution in [2.75, 3.05) is 0 Å². The number of hydrogen-bond donors (Lipinski definition) is 1.